The summed E-state index contributed by atoms with van der Waals surface area (Å²) in [5.41, 5.74) is 5.12. The Balaban J connectivity index is 1.53. The summed E-state index contributed by atoms with van der Waals surface area (Å²) in [6.45, 7) is 2.08. The summed E-state index contributed by atoms with van der Waals surface area (Å²) in [6, 6.07) is 10.7. The lowest BCUT2D eigenvalue weighted by Crippen LogP contribution is -2.41. The first-order valence-electron chi connectivity index (χ1n) is 16.8. The normalized spacial score (nSPS) is 29.0. The van der Waals surface area contributed by atoms with Crippen LogP contribution in [0.25, 0.3) is 11.1 Å². The van der Waals surface area contributed by atoms with Crippen molar-refractivity contribution in [3.63, 3.8) is 0 Å². The molecule has 2 aliphatic carbocycles. The number of benzene rings is 3. The second-order valence-electron chi connectivity index (χ2n) is 13.4. The molecular formula is C37H44O9S2. The van der Waals surface area contributed by atoms with Gasteiger partial charge >= 0.3 is 0 Å². The Morgan fingerprint density at radius 2 is 1.71 bits per heavy atom. The fraction of sp³-hybridized carbons (Fsp3) is 0.514. The van der Waals surface area contributed by atoms with Gasteiger partial charge in [-0.3, -0.25) is 0 Å². The molecule has 4 bridgehead atoms. The summed E-state index contributed by atoms with van der Waals surface area (Å²) >= 11 is 0. The number of aromatic hydroxyl groups is 2. The fourth-order valence-electron chi connectivity index (χ4n) is 8.60. The SMILES string of the molecule is COc1cc(C2Oc3cc(OCCO)c4c5c3C(C3CCC(CC(c6cc(O)ccc6-4)C5CO)C(C)CCSS3)C2O)cc(OC)c1O. The predicted molar refractivity (Wildman–Crippen MR) is 187 cm³/mol. The third kappa shape index (κ3) is 5.65. The van der Waals surface area contributed by atoms with E-state index in [-0.39, 0.29) is 65.8 Å². The maximum absolute atomic E-state index is 12.6. The van der Waals surface area contributed by atoms with Gasteiger partial charge < -0.3 is 44.5 Å². The van der Waals surface area contributed by atoms with Crippen molar-refractivity contribution in [2.75, 3.05) is 39.8 Å². The molecule has 3 aromatic carbocycles. The summed E-state index contributed by atoms with van der Waals surface area (Å²) in [7, 11) is 6.64. The van der Waals surface area contributed by atoms with Crippen LogP contribution in [0.15, 0.2) is 36.4 Å². The average Bonchev–Trinajstić information content (AvgIpc) is 3.17. The van der Waals surface area contributed by atoms with Crippen LogP contribution in [0.3, 0.4) is 0 Å². The number of rotatable bonds is 7. The van der Waals surface area contributed by atoms with Crippen LogP contribution in [0.5, 0.6) is 34.5 Å². The molecule has 48 heavy (non-hydrogen) atoms. The number of aliphatic hydroxyl groups is 3. The molecule has 7 rings (SSSR count). The summed E-state index contributed by atoms with van der Waals surface area (Å²) in [5, 5.41) is 55.2. The van der Waals surface area contributed by atoms with Crippen LogP contribution in [0.1, 0.15) is 78.7 Å². The molecule has 1 fully saturated rings. The van der Waals surface area contributed by atoms with E-state index in [1.165, 1.54) is 14.2 Å². The van der Waals surface area contributed by atoms with Crippen molar-refractivity contribution in [1.82, 2.24) is 0 Å². The van der Waals surface area contributed by atoms with Crippen LogP contribution in [-0.2, 0) is 0 Å². The van der Waals surface area contributed by atoms with E-state index in [4.69, 9.17) is 18.9 Å². The number of aliphatic hydroxyl groups excluding tert-OH is 3. The van der Waals surface area contributed by atoms with Crippen LogP contribution in [0, 0.1) is 11.8 Å². The molecule has 8 atom stereocenters. The smallest absolute Gasteiger partial charge is 0.200 e. The minimum Gasteiger partial charge on any atom is -0.508 e. The zero-order chi connectivity index (χ0) is 33.7. The lowest BCUT2D eigenvalue weighted by Gasteiger charge is -2.47. The topological polar surface area (TPSA) is 138 Å². The van der Waals surface area contributed by atoms with E-state index in [0.717, 1.165) is 59.3 Å². The first-order valence-corrected chi connectivity index (χ1v) is 19.1. The highest BCUT2D eigenvalue weighted by Crippen LogP contribution is 2.62. The minimum atomic E-state index is -0.988. The highest BCUT2D eigenvalue weighted by molar-refractivity contribution is 8.76. The first-order chi connectivity index (χ1) is 23.3. The number of hydrogen-bond acceptors (Lipinski definition) is 11. The molecular weight excluding hydrogens is 653 g/mol. The quantitative estimate of drug-likeness (QED) is 0.173. The molecule has 0 radical (unpaired) electrons. The van der Waals surface area contributed by atoms with Gasteiger partial charge in [0.15, 0.2) is 17.6 Å². The number of ether oxygens (including phenoxy) is 4. The molecule has 4 aliphatic rings. The Morgan fingerprint density at radius 1 is 0.938 bits per heavy atom. The number of fused-ring (bicyclic) bond motifs is 8. The molecule has 0 spiro atoms. The summed E-state index contributed by atoms with van der Waals surface area (Å²) in [5.74, 6) is 2.61. The largest absolute Gasteiger partial charge is 0.508 e. The lowest BCUT2D eigenvalue weighted by atomic mass is 9.62. The van der Waals surface area contributed by atoms with Gasteiger partial charge in [0.2, 0.25) is 5.75 Å². The molecule has 1 saturated heterocycles. The van der Waals surface area contributed by atoms with Gasteiger partial charge in [-0.15, -0.1) is 0 Å². The second kappa shape index (κ2) is 13.7. The van der Waals surface area contributed by atoms with Crippen LogP contribution < -0.4 is 18.9 Å². The molecule has 0 aromatic heterocycles. The van der Waals surface area contributed by atoms with Crippen molar-refractivity contribution < 1.29 is 44.5 Å². The second-order valence-corrected chi connectivity index (χ2v) is 16.2. The zero-order valence-corrected chi connectivity index (χ0v) is 29.1. The van der Waals surface area contributed by atoms with Crippen molar-refractivity contribution in [1.29, 1.82) is 0 Å². The number of methoxy groups -OCH3 is 2. The molecule has 9 nitrogen and oxygen atoms in total. The molecule has 2 aliphatic heterocycles. The maximum atomic E-state index is 12.6. The van der Waals surface area contributed by atoms with E-state index in [1.807, 2.05) is 39.8 Å². The Morgan fingerprint density at radius 3 is 2.42 bits per heavy atom. The molecule has 3 aromatic rings. The Hall–Kier alpha value is -2.96. The van der Waals surface area contributed by atoms with Crippen LogP contribution in [0.4, 0.5) is 0 Å². The van der Waals surface area contributed by atoms with Crippen LogP contribution in [0.2, 0.25) is 0 Å². The summed E-state index contributed by atoms with van der Waals surface area (Å²) in [6.07, 6.45) is 1.99. The van der Waals surface area contributed by atoms with E-state index in [2.05, 4.69) is 6.92 Å². The molecule has 0 saturated carbocycles. The fourth-order valence-corrected chi connectivity index (χ4v) is 11.7. The monoisotopic (exact) mass is 696 g/mol. The van der Waals surface area contributed by atoms with Gasteiger partial charge in [0, 0.05) is 45.6 Å². The maximum Gasteiger partial charge on any atom is 0.200 e. The van der Waals surface area contributed by atoms with E-state index >= 15 is 0 Å². The van der Waals surface area contributed by atoms with Crippen molar-refractivity contribution in [3.8, 4) is 45.6 Å². The van der Waals surface area contributed by atoms with Gasteiger partial charge in [-0.1, -0.05) is 34.6 Å². The third-order valence-corrected chi connectivity index (χ3v) is 13.9. The minimum absolute atomic E-state index is 0.0364. The Bertz CT molecular complexity index is 1640. The van der Waals surface area contributed by atoms with E-state index in [1.54, 1.807) is 18.2 Å². The molecule has 2 heterocycles. The number of phenols is 2. The van der Waals surface area contributed by atoms with Crippen LogP contribution >= 0.6 is 21.6 Å². The van der Waals surface area contributed by atoms with E-state index < -0.39 is 12.2 Å². The van der Waals surface area contributed by atoms with E-state index in [9.17, 15) is 25.5 Å². The number of hydrogen-bond donors (Lipinski definition) is 5. The van der Waals surface area contributed by atoms with Gasteiger partial charge in [0.05, 0.1) is 27.4 Å². The van der Waals surface area contributed by atoms with Gasteiger partial charge in [-0.05, 0) is 84.4 Å². The van der Waals surface area contributed by atoms with Crippen molar-refractivity contribution in [3.05, 3.63) is 58.7 Å². The standard InChI is InChI=1S/C37H44O9S2/c1-18-8-11-47-48-30-7-4-19(18)12-23-24-15-21(40)5-6-22(24)31-26(45-10-9-38)16-27-33(32(31)25(23)17-39)34(30)36(42)37(46-27)20-13-28(43-2)35(41)29(14-20)44-3/h5-6,13-16,18-19,23,25,30,34,36-42H,4,7-12,17H2,1-3H3. The zero-order valence-electron chi connectivity index (χ0n) is 27.4. The Labute approximate surface area is 289 Å². The van der Waals surface area contributed by atoms with Crippen molar-refractivity contribution >= 4 is 21.6 Å². The third-order valence-electron chi connectivity index (χ3n) is 11.0. The van der Waals surface area contributed by atoms with Crippen molar-refractivity contribution in [2.24, 2.45) is 11.8 Å². The molecule has 0 amide bonds. The van der Waals surface area contributed by atoms with Gasteiger partial charge in [-0.2, -0.15) is 0 Å². The van der Waals surface area contributed by atoms with Crippen molar-refractivity contribution in [2.45, 2.75) is 67.8 Å². The molecule has 11 heteroatoms. The highest BCUT2D eigenvalue weighted by Gasteiger charge is 2.50. The van der Waals surface area contributed by atoms with Crippen LogP contribution in [-0.4, -0.2) is 76.7 Å². The highest BCUT2D eigenvalue weighted by atomic mass is 33.1. The lowest BCUT2D eigenvalue weighted by molar-refractivity contribution is -0.00310. The molecule has 8 unspecified atom stereocenters. The molecule has 258 valence electrons. The van der Waals surface area contributed by atoms with E-state index in [0.29, 0.717) is 28.9 Å². The summed E-state index contributed by atoms with van der Waals surface area (Å²) in [4.78, 5) is 0. The van der Waals surface area contributed by atoms with Gasteiger partial charge in [0.25, 0.3) is 0 Å². The van der Waals surface area contributed by atoms with Gasteiger partial charge in [0.1, 0.15) is 30.0 Å². The predicted octanol–water partition coefficient (Wildman–Crippen LogP) is 6.49. The summed E-state index contributed by atoms with van der Waals surface area (Å²) < 4.78 is 24.0. The first kappa shape index (κ1) is 33.5. The average molecular weight is 697 g/mol. The number of phenolic OH excluding ortho intramolecular Hbond substituents is 2. The molecule has 5 N–H and O–H groups in total. The Kier molecular flexibility index (Phi) is 9.60. The van der Waals surface area contributed by atoms with Gasteiger partial charge in [-0.25, -0.2) is 0 Å².